The summed E-state index contributed by atoms with van der Waals surface area (Å²) in [6, 6.07) is 11.0. The molecule has 3 heterocycles. The number of imidazole rings is 1. The summed E-state index contributed by atoms with van der Waals surface area (Å²) in [6.45, 7) is 6.29. The van der Waals surface area contributed by atoms with E-state index < -0.39 is 10.0 Å². The summed E-state index contributed by atoms with van der Waals surface area (Å²) in [4.78, 5) is 9.62. The maximum absolute atomic E-state index is 13.2. The third kappa shape index (κ3) is 3.87. The quantitative estimate of drug-likeness (QED) is 0.577. The Morgan fingerprint density at radius 1 is 1.20 bits per heavy atom. The Balaban J connectivity index is 1.60. The number of sulfonamides is 1. The minimum absolute atomic E-state index is 0.0285. The van der Waals surface area contributed by atoms with Gasteiger partial charge >= 0.3 is 0 Å². The van der Waals surface area contributed by atoms with E-state index >= 15 is 0 Å². The van der Waals surface area contributed by atoms with Crippen molar-refractivity contribution in [1.29, 1.82) is 0 Å². The molecule has 1 saturated heterocycles. The van der Waals surface area contributed by atoms with Crippen molar-refractivity contribution in [3.63, 3.8) is 0 Å². The van der Waals surface area contributed by atoms with Crippen LogP contribution in [0, 0.1) is 0 Å². The zero-order valence-electron chi connectivity index (χ0n) is 17.7. The second-order valence-electron chi connectivity index (χ2n) is 8.03. The summed E-state index contributed by atoms with van der Waals surface area (Å²) in [7, 11) is -1.86. The molecule has 160 valence electrons. The Hall–Kier alpha value is -2.29. The molecule has 1 aliphatic rings. The fraction of sp³-hybridized carbons (Fsp3) is 0.455. The van der Waals surface area contributed by atoms with Gasteiger partial charge in [0.05, 0.1) is 11.5 Å². The third-order valence-corrected chi connectivity index (χ3v) is 7.63. The van der Waals surface area contributed by atoms with Gasteiger partial charge in [-0.15, -0.1) is 0 Å². The molecule has 7 nitrogen and oxygen atoms in total. The first-order chi connectivity index (χ1) is 14.4. The highest BCUT2D eigenvalue weighted by Crippen LogP contribution is 2.32. The van der Waals surface area contributed by atoms with Crippen molar-refractivity contribution in [2.75, 3.05) is 26.8 Å². The number of benzene rings is 1. The largest absolute Gasteiger partial charge is 0.383 e. The summed E-state index contributed by atoms with van der Waals surface area (Å²) in [5, 5.41) is 0. The van der Waals surface area contributed by atoms with Crippen LogP contribution in [-0.2, 0) is 21.3 Å². The zero-order chi connectivity index (χ0) is 21.3. The molecular weight excluding hydrogens is 400 g/mol. The molecule has 3 aromatic rings. The van der Waals surface area contributed by atoms with E-state index in [2.05, 4.69) is 23.4 Å². The van der Waals surface area contributed by atoms with Crippen LogP contribution in [0.25, 0.3) is 11.2 Å². The highest BCUT2D eigenvalue weighted by molar-refractivity contribution is 7.89. The first-order valence-corrected chi connectivity index (χ1v) is 11.8. The van der Waals surface area contributed by atoms with Gasteiger partial charge in [0.15, 0.2) is 5.65 Å². The van der Waals surface area contributed by atoms with E-state index in [0.717, 1.165) is 29.0 Å². The van der Waals surface area contributed by atoms with Crippen LogP contribution >= 0.6 is 0 Å². The van der Waals surface area contributed by atoms with Crippen LogP contribution in [0.4, 0.5) is 0 Å². The highest BCUT2D eigenvalue weighted by atomic mass is 32.2. The first-order valence-electron chi connectivity index (χ1n) is 10.3. The molecule has 0 aliphatic carbocycles. The van der Waals surface area contributed by atoms with Crippen LogP contribution in [-0.4, -0.2) is 54.1 Å². The third-order valence-electron chi connectivity index (χ3n) is 5.75. The minimum atomic E-state index is -3.53. The van der Waals surface area contributed by atoms with Crippen molar-refractivity contribution in [2.45, 2.75) is 43.5 Å². The van der Waals surface area contributed by atoms with Gasteiger partial charge in [0, 0.05) is 38.9 Å². The lowest BCUT2D eigenvalue weighted by Crippen LogP contribution is -2.29. The van der Waals surface area contributed by atoms with Gasteiger partial charge in [-0.05, 0) is 42.2 Å². The van der Waals surface area contributed by atoms with E-state index in [0.29, 0.717) is 37.1 Å². The van der Waals surface area contributed by atoms with Gasteiger partial charge in [-0.25, -0.2) is 18.4 Å². The number of aromatic nitrogens is 3. The van der Waals surface area contributed by atoms with E-state index in [4.69, 9.17) is 9.72 Å². The van der Waals surface area contributed by atoms with Crippen molar-refractivity contribution in [3.8, 4) is 0 Å². The normalized spacial score (nSPS) is 17.9. The predicted molar refractivity (Wildman–Crippen MR) is 116 cm³/mol. The van der Waals surface area contributed by atoms with Crippen LogP contribution in [0.5, 0.6) is 0 Å². The lowest BCUT2D eigenvalue weighted by atomic mass is 10.0. The number of hydrogen-bond donors (Lipinski definition) is 0. The Morgan fingerprint density at radius 3 is 2.67 bits per heavy atom. The molecule has 0 N–H and O–H groups in total. The van der Waals surface area contributed by atoms with Crippen molar-refractivity contribution < 1.29 is 13.2 Å². The molecule has 0 spiro atoms. The van der Waals surface area contributed by atoms with Crippen LogP contribution in [0.3, 0.4) is 0 Å². The molecule has 4 rings (SSSR count). The van der Waals surface area contributed by atoms with Gasteiger partial charge in [-0.1, -0.05) is 26.0 Å². The molecule has 1 aromatic carbocycles. The Labute approximate surface area is 177 Å². The maximum Gasteiger partial charge on any atom is 0.243 e. The second-order valence-corrected chi connectivity index (χ2v) is 9.97. The topological polar surface area (TPSA) is 77.3 Å². The number of ether oxygens (including phenoxy) is 1. The van der Waals surface area contributed by atoms with Gasteiger partial charge < -0.3 is 9.30 Å². The SMILES string of the molecule is COCCn1c(C2CCN(S(=O)(=O)c3ccc(C(C)C)cc3)C2)nc2cccnc21. The highest BCUT2D eigenvalue weighted by Gasteiger charge is 2.35. The Kier molecular flexibility index (Phi) is 5.90. The molecule has 1 atom stereocenters. The lowest BCUT2D eigenvalue weighted by molar-refractivity contribution is 0.187. The number of methoxy groups -OCH3 is 1. The predicted octanol–water partition coefficient (Wildman–Crippen LogP) is 3.38. The molecule has 0 saturated carbocycles. The molecule has 2 aromatic heterocycles. The van der Waals surface area contributed by atoms with Crippen LogP contribution in [0.15, 0.2) is 47.5 Å². The van der Waals surface area contributed by atoms with Crippen molar-refractivity contribution in [1.82, 2.24) is 18.8 Å². The lowest BCUT2D eigenvalue weighted by Gasteiger charge is -2.18. The summed E-state index contributed by atoms with van der Waals surface area (Å²) < 4.78 is 35.3. The van der Waals surface area contributed by atoms with E-state index in [1.54, 1.807) is 29.7 Å². The standard InChI is InChI=1S/C22H28N4O3S/c1-16(2)17-6-8-19(9-7-17)30(27,28)25-12-10-18(15-25)21-24-20-5-4-11-23-22(20)26(21)13-14-29-3/h4-9,11,16,18H,10,12-15H2,1-3H3. The van der Waals surface area contributed by atoms with Crippen molar-refractivity contribution in [2.24, 2.45) is 0 Å². The average Bonchev–Trinajstić information content (AvgIpc) is 3.37. The zero-order valence-corrected chi connectivity index (χ0v) is 18.5. The van der Waals surface area contributed by atoms with Gasteiger partial charge in [0.2, 0.25) is 10.0 Å². The first kappa shape index (κ1) is 21.0. The fourth-order valence-electron chi connectivity index (χ4n) is 4.02. The summed E-state index contributed by atoms with van der Waals surface area (Å²) >= 11 is 0. The molecular formula is C22H28N4O3S. The van der Waals surface area contributed by atoms with Crippen LogP contribution < -0.4 is 0 Å². The van der Waals surface area contributed by atoms with Crippen LogP contribution in [0.2, 0.25) is 0 Å². The van der Waals surface area contributed by atoms with E-state index in [-0.39, 0.29) is 5.92 Å². The maximum atomic E-state index is 13.2. The molecule has 0 bridgehead atoms. The Bertz CT molecular complexity index is 1120. The molecule has 1 unspecified atom stereocenters. The molecule has 0 radical (unpaired) electrons. The second kappa shape index (κ2) is 8.45. The monoisotopic (exact) mass is 428 g/mol. The number of rotatable bonds is 7. The van der Waals surface area contributed by atoms with E-state index in [1.807, 2.05) is 24.3 Å². The molecule has 8 heteroatoms. The number of hydrogen-bond acceptors (Lipinski definition) is 5. The number of pyridine rings is 1. The van der Waals surface area contributed by atoms with Crippen LogP contribution in [0.1, 0.15) is 43.5 Å². The summed E-state index contributed by atoms with van der Waals surface area (Å²) in [6.07, 6.45) is 2.49. The van der Waals surface area contributed by atoms with Gasteiger partial charge in [-0.3, -0.25) is 0 Å². The van der Waals surface area contributed by atoms with E-state index in [1.165, 1.54) is 0 Å². The molecule has 1 fully saturated rings. The number of nitrogens with zero attached hydrogens (tertiary/aromatic N) is 4. The van der Waals surface area contributed by atoms with Gasteiger partial charge in [0.25, 0.3) is 0 Å². The van der Waals surface area contributed by atoms with Crippen molar-refractivity contribution in [3.05, 3.63) is 54.0 Å². The fourth-order valence-corrected chi connectivity index (χ4v) is 5.52. The number of fused-ring (bicyclic) bond motifs is 1. The van der Waals surface area contributed by atoms with Gasteiger partial charge in [-0.2, -0.15) is 4.31 Å². The summed E-state index contributed by atoms with van der Waals surface area (Å²) in [5.74, 6) is 1.28. The minimum Gasteiger partial charge on any atom is -0.383 e. The molecule has 1 aliphatic heterocycles. The summed E-state index contributed by atoms with van der Waals surface area (Å²) in [5.41, 5.74) is 2.77. The van der Waals surface area contributed by atoms with Gasteiger partial charge in [0.1, 0.15) is 11.3 Å². The molecule has 0 amide bonds. The van der Waals surface area contributed by atoms with Crippen molar-refractivity contribution >= 4 is 21.2 Å². The smallest absolute Gasteiger partial charge is 0.243 e. The van der Waals surface area contributed by atoms with E-state index in [9.17, 15) is 8.42 Å². The Morgan fingerprint density at radius 2 is 1.97 bits per heavy atom. The molecule has 30 heavy (non-hydrogen) atoms. The average molecular weight is 429 g/mol.